The van der Waals surface area contributed by atoms with Crippen LogP contribution in [0.5, 0.6) is 0 Å². The Balaban J connectivity index is 2.08. The van der Waals surface area contributed by atoms with E-state index < -0.39 is 11.5 Å². The largest absolute Gasteiger partial charge is 0.467 e. The van der Waals surface area contributed by atoms with Crippen LogP contribution >= 0.6 is 23.2 Å². The minimum atomic E-state index is -0.903. The summed E-state index contributed by atoms with van der Waals surface area (Å²) in [7, 11) is 1.33. The highest BCUT2D eigenvalue weighted by molar-refractivity contribution is 6.35. The summed E-state index contributed by atoms with van der Waals surface area (Å²) in [6.45, 7) is 0. The molecule has 0 spiro atoms. The number of nitrogens with one attached hydrogen (secondary N) is 1. The third-order valence-corrected chi connectivity index (χ3v) is 4.33. The summed E-state index contributed by atoms with van der Waals surface area (Å²) in [5.74, 6) is -0.741. The number of halogens is 2. The van der Waals surface area contributed by atoms with Crippen molar-refractivity contribution in [3.63, 3.8) is 0 Å². The molecule has 0 aliphatic heterocycles. The van der Waals surface area contributed by atoms with Crippen molar-refractivity contribution >= 4 is 41.2 Å². The first-order valence-electron chi connectivity index (χ1n) is 7.00. The Morgan fingerprint density at radius 3 is 2.55 bits per heavy atom. The Labute approximate surface area is 139 Å². The van der Waals surface area contributed by atoms with E-state index in [0.717, 1.165) is 12.8 Å². The predicted octanol–water partition coefficient (Wildman–Crippen LogP) is 3.61. The lowest BCUT2D eigenvalue weighted by molar-refractivity contribution is -0.150. The number of ether oxygens (including phenoxy) is 1. The highest BCUT2D eigenvalue weighted by Crippen LogP contribution is 2.31. The van der Waals surface area contributed by atoms with Gasteiger partial charge in [0.25, 0.3) is 0 Å². The molecule has 1 amide bonds. The van der Waals surface area contributed by atoms with Crippen LogP contribution in [0.15, 0.2) is 24.3 Å². The van der Waals surface area contributed by atoms with Gasteiger partial charge < -0.3 is 10.1 Å². The molecule has 1 fully saturated rings. The Hall–Kier alpha value is -1.52. The first kappa shape index (κ1) is 16.8. The molecule has 1 N–H and O–H groups in total. The van der Waals surface area contributed by atoms with E-state index in [4.69, 9.17) is 27.9 Å². The lowest BCUT2D eigenvalue weighted by Gasteiger charge is -2.26. The van der Waals surface area contributed by atoms with Crippen LogP contribution in [0.3, 0.4) is 0 Å². The van der Waals surface area contributed by atoms with Gasteiger partial charge in [-0.25, -0.2) is 4.79 Å². The second-order valence-electron chi connectivity index (χ2n) is 5.27. The summed E-state index contributed by atoms with van der Waals surface area (Å²) in [6.07, 6.45) is 5.93. The van der Waals surface area contributed by atoms with Gasteiger partial charge >= 0.3 is 5.97 Å². The van der Waals surface area contributed by atoms with Crippen molar-refractivity contribution in [1.82, 2.24) is 5.32 Å². The molecule has 22 heavy (non-hydrogen) atoms. The van der Waals surface area contributed by atoms with E-state index in [0.29, 0.717) is 28.5 Å². The highest BCUT2D eigenvalue weighted by atomic mass is 35.5. The van der Waals surface area contributed by atoms with Crippen molar-refractivity contribution < 1.29 is 14.3 Å². The van der Waals surface area contributed by atoms with Crippen LogP contribution in [0.25, 0.3) is 6.08 Å². The van der Waals surface area contributed by atoms with Gasteiger partial charge in [0.2, 0.25) is 5.91 Å². The van der Waals surface area contributed by atoms with Crippen LogP contribution in [0.2, 0.25) is 10.0 Å². The van der Waals surface area contributed by atoms with Gasteiger partial charge in [-0.15, -0.1) is 0 Å². The van der Waals surface area contributed by atoms with E-state index >= 15 is 0 Å². The number of amides is 1. The van der Waals surface area contributed by atoms with Crippen LogP contribution in [0, 0.1) is 0 Å². The molecule has 1 saturated carbocycles. The predicted molar refractivity (Wildman–Crippen MR) is 86.9 cm³/mol. The van der Waals surface area contributed by atoms with Crippen LogP contribution in [0.4, 0.5) is 0 Å². The molecule has 118 valence electrons. The van der Waals surface area contributed by atoms with E-state index in [1.807, 2.05) is 0 Å². The van der Waals surface area contributed by atoms with E-state index in [9.17, 15) is 9.59 Å². The van der Waals surface area contributed by atoms with E-state index in [1.54, 1.807) is 24.3 Å². The molecule has 1 aliphatic carbocycles. The van der Waals surface area contributed by atoms with Gasteiger partial charge in [0, 0.05) is 16.1 Å². The molecule has 0 radical (unpaired) electrons. The Bertz CT molecular complexity index is 607. The van der Waals surface area contributed by atoms with E-state index in [-0.39, 0.29) is 5.91 Å². The lowest BCUT2D eigenvalue weighted by atomic mass is 9.97. The first-order valence-corrected chi connectivity index (χ1v) is 7.76. The number of hydrogen-bond donors (Lipinski definition) is 1. The van der Waals surface area contributed by atoms with Crippen molar-refractivity contribution in [3.05, 3.63) is 39.9 Å². The Kier molecular flexibility index (Phi) is 5.48. The summed E-state index contributed by atoms with van der Waals surface area (Å²) in [6, 6.07) is 5.02. The quantitative estimate of drug-likeness (QED) is 0.672. The minimum Gasteiger partial charge on any atom is -0.467 e. The smallest absolute Gasteiger partial charge is 0.331 e. The number of carbonyl (C=O) groups is 2. The average molecular weight is 342 g/mol. The summed E-state index contributed by atoms with van der Waals surface area (Å²) < 4.78 is 4.82. The number of carbonyl (C=O) groups excluding carboxylic acids is 2. The molecule has 0 unspecified atom stereocenters. The zero-order chi connectivity index (χ0) is 16.2. The van der Waals surface area contributed by atoms with Crippen LogP contribution in [0.1, 0.15) is 31.2 Å². The van der Waals surface area contributed by atoms with Crippen LogP contribution < -0.4 is 5.32 Å². The fourth-order valence-corrected chi connectivity index (χ4v) is 3.11. The standard InChI is InChI=1S/C16H17Cl2NO3/c1-22-15(21)16(8-2-3-9-16)19-14(20)7-5-11-4-6-12(17)10-13(11)18/h4-7,10H,2-3,8-9H2,1H3,(H,19,20)/b7-5+. The molecule has 6 heteroatoms. The normalized spacial score (nSPS) is 16.7. The molecule has 1 aromatic rings. The van der Waals surface area contributed by atoms with Crippen molar-refractivity contribution in [3.8, 4) is 0 Å². The third-order valence-electron chi connectivity index (χ3n) is 3.77. The topological polar surface area (TPSA) is 55.4 Å². The van der Waals surface area contributed by atoms with Gasteiger partial charge in [0.05, 0.1) is 7.11 Å². The number of methoxy groups -OCH3 is 1. The molecule has 0 atom stereocenters. The molecule has 0 saturated heterocycles. The summed E-state index contributed by atoms with van der Waals surface area (Å²) in [5, 5.41) is 3.76. The van der Waals surface area contributed by atoms with Crippen molar-refractivity contribution in [2.45, 2.75) is 31.2 Å². The molecular weight excluding hydrogens is 325 g/mol. The van der Waals surface area contributed by atoms with Gasteiger partial charge in [-0.05, 0) is 36.6 Å². The summed E-state index contributed by atoms with van der Waals surface area (Å²) in [5.41, 5.74) is -0.222. The maximum absolute atomic E-state index is 12.1. The van der Waals surface area contributed by atoms with Gasteiger partial charge in [-0.2, -0.15) is 0 Å². The fraction of sp³-hybridized carbons (Fsp3) is 0.375. The molecular formula is C16H17Cl2NO3. The van der Waals surface area contributed by atoms with Crippen LogP contribution in [-0.2, 0) is 14.3 Å². The molecule has 0 bridgehead atoms. The SMILES string of the molecule is COC(=O)C1(NC(=O)/C=C/c2ccc(Cl)cc2Cl)CCCC1. The third kappa shape index (κ3) is 3.81. The lowest BCUT2D eigenvalue weighted by Crippen LogP contribution is -2.52. The van der Waals surface area contributed by atoms with Gasteiger partial charge in [0.15, 0.2) is 0 Å². The van der Waals surface area contributed by atoms with Gasteiger partial charge in [-0.1, -0.05) is 42.1 Å². The van der Waals surface area contributed by atoms with Crippen LogP contribution in [-0.4, -0.2) is 24.5 Å². The molecule has 2 rings (SSSR count). The molecule has 0 aromatic heterocycles. The zero-order valence-corrected chi connectivity index (χ0v) is 13.7. The average Bonchev–Trinajstić information content (AvgIpc) is 2.95. The monoisotopic (exact) mass is 341 g/mol. The van der Waals surface area contributed by atoms with Gasteiger partial charge in [-0.3, -0.25) is 4.79 Å². The Morgan fingerprint density at radius 1 is 1.27 bits per heavy atom. The molecule has 4 nitrogen and oxygen atoms in total. The highest BCUT2D eigenvalue weighted by Gasteiger charge is 2.43. The summed E-state index contributed by atoms with van der Waals surface area (Å²) in [4.78, 5) is 24.0. The molecule has 1 aliphatic rings. The minimum absolute atomic E-state index is 0.349. The number of hydrogen-bond acceptors (Lipinski definition) is 3. The number of esters is 1. The molecule has 1 aromatic carbocycles. The maximum atomic E-state index is 12.1. The van der Waals surface area contributed by atoms with E-state index in [2.05, 4.69) is 5.32 Å². The van der Waals surface area contributed by atoms with Crippen molar-refractivity contribution in [2.24, 2.45) is 0 Å². The fourth-order valence-electron chi connectivity index (χ4n) is 2.63. The zero-order valence-electron chi connectivity index (χ0n) is 12.2. The van der Waals surface area contributed by atoms with Crippen molar-refractivity contribution in [1.29, 1.82) is 0 Å². The maximum Gasteiger partial charge on any atom is 0.331 e. The van der Waals surface area contributed by atoms with E-state index in [1.165, 1.54) is 13.2 Å². The first-order chi connectivity index (χ1) is 10.5. The second kappa shape index (κ2) is 7.16. The number of benzene rings is 1. The van der Waals surface area contributed by atoms with Crippen molar-refractivity contribution in [2.75, 3.05) is 7.11 Å². The van der Waals surface area contributed by atoms with Gasteiger partial charge in [0.1, 0.15) is 5.54 Å². The molecule has 0 heterocycles. The Morgan fingerprint density at radius 2 is 1.95 bits per heavy atom. The number of rotatable bonds is 4. The summed E-state index contributed by atoms with van der Waals surface area (Å²) >= 11 is 11.9. The second-order valence-corrected chi connectivity index (χ2v) is 6.11.